The topological polar surface area (TPSA) is 75.5 Å². The second-order valence-electron chi connectivity index (χ2n) is 7.18. The molecule has 4 rings (SSSR count). The molecule has 0 fully saturated rings. The van der Waals surface area contributed by atoms with Gasteiger partial charge in [-0.3, -0.25) is 9.59 Å². The van der Waals surface area contributed by atoms with Gasteiger partial charge >= 0.3 is 0 Å². The Balaban J connectivity index is 1.39. The van der Waals surface area contributed by atoms with Crippen LogP contribution in [0.25, 0.3) is 10.9 Å². The number of carbonyl (C=O) groups is 2. The van der Waals surface area contributed by atoms with Crippen LogP contribution in [0, 0.1) is 0 Å². The number of thioether (sulfide) groups is 1. The first-order valence-corrected chi connectivity index (χ1v) is 11.6. The van der Waals surface area contributed by atoms with E-state index < -0.39 is 0 Å². The molecule has 0 saturated carbocycles. The van der Waals surface area contributed by atoms with Crippen LogP contribution in [0.15, 0.2) is 95.1 Å². The molecule has 1 aromatic heterocycles. The van der Waals surface area contributed by atoms with E-state index in [0.717, 1.165) is 27.0 Å². The summed E-state index contributed by atoms with van der Waals surface area (Å²) in [6.07, 6.45) is 3.45. The molecule has 1 heterocycles. The van der Waals surface area contributed by atoms with Crippen molar-refractivity contribution in [2.75, 3.05) is 11.1 Å². The number of carbonyl (C=O) groups excluding carboxylic acids is 2. The third-order valence-electron chi connectivity index (χ3n) is 4.77. The summed E-state index contributed by atoms with van der Waals surface area (Å²) in [5.74, 6) is -0.101. The third-order valence-corrected chi connectivity index (χ3v) is 6.03. The van der Waals surface area contributed by atoms with Gasteiger partial charge in [-0.1, -0.05) is 48.0 Å². The Morgan fingerprint density at radius 1 is 0.939 bits per heavy atom. The molecule has 0 aliphatic carbocycles. The summed E-state index contributed by atoms with van der Waals surface area (Å²) < 4.78 is 1.87. The van der Waals surface area contributed by atoms with Gasteiger partial charge in [-0.15, -0.1) is 11.8 Å². The number of para-hydroxylation sites is 2. The van der Waals surface area contributed by atoms with E-state index in [2.05, 4.69) is 15.8 Å². The van der Waals surface area contributed by atoms with Crippen LogP contribution in [0.5, 0.6) is 0 Å². The minimum absolute atomic E-state index is 0.127. The van der Waals surface area contributed by atoms with Gasteiger partial charge in [0.25, 0.3) is 0 Å². The van der Waals surface area contributed by atoms with Crippen LogP contribution in [-0.2, 0) is 16.1 Å². The monoisotopic (exact) mass is 476 g/mol. The van der Waals surface area contributed by atoms with Crippen LogP contribution in [0.3, 0.4) is 0 Å². The van der Waals surface area contributed by atoms with E-state index in [1.54, 1.807) is 18.3 Å². The van der Waals surface area contributed by atoms with E-state index in [-0.39, 0.29) is 24.1 Å². The predicted molar refractivity (Wildman–Crippen MR) is 135 cm³/mol. The Bertz CT molecular complexity index is 1290. The van der Waals surface area contributed by atoms with Crippen molar-refractivity contribution in [2.24, 2.45) is 5.10 Å². The third kappa shape index (κ3) is 6.25. The minimum Gasteiger partial charge on any atom is -0.337 e. The maximum atomic E-state index is 12.5. The second-order valence-corrected chi connectivity index (χ2v) is 8.66. The number of anilines is 1. The first-order valence-electron chi connectivity index (χ1n) is 10.2. The number of aromatic nitrogens is 1. The van der Waals surface area contributed by atoms with Crippen LogP contribution in [0.1, 0.15) is 5.56 Å². The van der Waals surface area contributed by atoms with E-state index in [1.165, 1.54) is 11.8 Å². The summed E-state index contributed by atoms with van der Waals surface area (Å²) >= 11 is 7.28. The number of hydrogen-bond acceptors (Lipinski definition) is 4. The highest BCUT2D eigenvalue weighted by atomic mass is 35.5. The first-order chi connectivity index (χ1) is 16.1. The molecule has 4 aromatic rings. The van der Waals surface area contributed by atoms with E-state index in [1.807, 2.05) is 77.5 Å². The summed E-state index contributed by atoms with van der Waals surface area (Å²) in [6.45, 7) is 0.160. The molecule has 8 heteroatoms. The van der Waals surface area contributed by atoms with E-state index >= 15 is 0 Å². The molecule has 33 heavy (non-hydrogen) atoms. The van der Waals surface area contributed by atoms with Gasteiger partial charge in [0.15, 0.2) is 0 Å². The minimum atomic E-state index is -0.211. The molecular weight excluding hydrogens is 456 g/mol. The number of amides is 2. The normalized spacial score (nSPS) is 11.1. The van der Waals surface area contributed by atoms with Gasteiger partial charge in [0, 0.05) is 38.3 Å². The van der Waals surface area contributed by atoms with Crippen molar-refractivity contribution in [1.82, 2.24) is 9.99 Å². The molecule has 0 atom stereocenters. The first kappa shape index (κ1) is 22.6. The van der Waals surface area contributed by atoms with E-state index in [0.29, 0.717) is 5.02 Å². The van der Waals surface area contributed by atoms with Gasteiger partial charge in [-0.05, 0) is 42.5 Å². The fourth-order valence-electron chi connectivity index (χ4n) is 3.27. The Morgan fingerprint density at radius 2 is 1.67 bits per heavy atom. The molecule has 3 aromatic carbocycles. The lowest BCUT2D eigenvalue weighted by Gasteiger charge is -2.07. The molecule has 2 amide bonds. The smallest absolute Gasteiger partial charge is 0.250 e. The highest BCUT2D eigenvalue weighted by Crippen LogP contribution is 2.21. The number of hydrazone groups is 1. The number of rotatable bonds is 8. The average Bonchev–Trinajstić information content (AvgIpc) is 3.16. The molecule has 166 valence electrons. The summed E-state index contributed by atoms with van der Waals surface area (Å²) in [5, 5.41) is 8.60. The molecule has 0 radical (unpaired) electrons. The standard InChI is InChI=1S/C25H21ClN4O2S/c26-19-10-12-21(13-11-19)33-17-25(32)29-27-14-18-15-30(23-9-5-4-8-22(18)23)16-24(31)28-20-6-2-1-3-7-20/h1-15H,16-17H2,(H,28,31)(H,29,32)/b27-14-. The summed E-state index contributed by atoms with van der Waals surface area (Å²) in [4.78, 5) is 25.6. The molecule has 0 aliphatic rings. The van der Waals surface area contributed by atoms with Crippen molar-refractivity contribution in [3.8, 4) is 0 Å². The maximum absolute atomic E-state index is 12.5. The maximum Gasteiger partial charge on any atom is 0.250 e. The SMILES string of the molecule is O=C(CSc1ccc(Cl)cc1)N/N=C\c1cn(CC(=O)Nc2ccccc2)c2ccccc12. The largest absolute Gasteiger partial charge is 0.337 e. The molecule has 6 nitrogen and oxygen atoms in total. The molecule has 0 unspecified atom stereocenters. The Hall–Kier alpha value is -3.55. The van der Waals surface area contributed by atoms with Gasteiger partial charge in [0.1, 0.15) is 6.54 Å². The van der Waals surface area contributed by atoms with Crippen molar-refractivity contribution >= 4 is 58.0 Å². The van der Waals surface area contributed by atoms with Crippen molar-refractivity contribution in [1.29, 1.82) is 0 Å². The average molecular weight is 477 g/mol. The second kappa shape index (κ2) is 10.8. The van der Waals surface area contributed by atoms with E-state index in [9.17, 15) is 9.59 Å². The van der Waals surface area contributed by atoms with Crippen molar-refractivity contribution in [2.45, 2.75) is 11.4 Å². The van der Waals surface area contributed by atoms with Gasteiger partial charge in [0.05, 0.1) is 12.0 Å². The molecular formula is C25H21ClN4O2S. The summed E-state index contributed by atoms with van der Waals surface area (Å²) in [7, 11) is 0. The zero-order valence-corrected chi connectivity index (χ0v) is 19.1. The number of hydrogen-bond donors (Lipinski definition) is 2. The number of nitrogens with zero attached hydrogens (tertiary/aromatic N) is 2. The highest BCUT2D eigenvalue weighted by molar-refractivity contribution is 8.00. The number of fused-ring (bicyclic) bond motifs is 1. The van der Waals surface area contributed by atoms with Crippen LogP contribution in [0.4, 0.5) is 5.69 Å². The van der Waals surface area contributed by atoms with Gasteiger partial charge in [0.2, 0.25) is 11.8 Å². The molecule has 2 N–H and O–H groups in total. The van der Waals surface area contributed by atoms with Crippen molar-refractivity contribution in [3.63, 3.8) is 0 Å². The highest BCUT2D eigenvalue weighted by Gasteiger charge is 2.10. The summed E-state index contributed by atoms with van der Waals surface area (Å²) in [6, 6.07) is 24.4. The van der Waals surface area contributed by atoms with Gasteiger partial charge < -0.3 is 9.88 Å². The summed E-state index contributed by atoms with van der Waals surface area (Å²) in [5.41, 5.74) is 5.02. The molecule has 0 saturated heterocycles. The van der Waals surface area contributed by atoms with Gasteiger partial charge in [-0.2, -0.15) is 5.10 Å². The molecule has 0 spiro atoms. The molecule has 0 aliphatic heterocycles. The van der Waals surface area contributed by atoms with Crippen LogP contribution in [-0.4, -0.2) is 28.3 Å². The molecule has 0 bridgehead atoms. The van der Waals surface area contributed by atoms with Crippen LogP contribution < -0.4 is 10.7 Å². The van der Waals surface area contributed by atoms with Crippen molar-refractivity contribution < 1.29 is 9.59 Å². The lowest BCUT2D eigenvalue weighted by molar-refractivity contribution is -0.118. The Kier molecular flexibility index (Phi) is 7.44. The van der Waals surface area contributed by atoms with Crippen LogP contribution >= 0.6 is 23.4 Å². The quantitative estimate of drug-likeness (QED) is 0.209. The number of benzene rings is 3. The van der Waals surface area contributed by atoms with Crippen molar-refractivity contribution in [3.05, 3.63) is 95.6 Å². The van der Waals surface area contributed by atoms with Gasteiger partial charge in [-0.25, -0.2) is 5.43 Å². The number of nitrogens with one attached hydrogen (secondary N) is 2. The fourth-order valence-corrected chi connectivity index (χ4v) is 4.09. The predicted octanol–water partition coefficient (Wildman–Crippen LogP) is 5.18. The number of halogens is 1. The lowest BCUT2D eigenvalue weighted by atomic mass is 10.2. The zero-order chi connectivity index (χ0) is 23.0. The van der Waals surface area contributed by atoms with E-state index in [4.69, 9.17) is 11.6 Å². The van der Waals surface area contributed by atoms with Crippen LogP contribution in [0.2, 0.25) is 5.02 Å². The fraction of sp³-hybridized carbons (Fsp3) is 0.0800. The lowest BCUT2D eigenvalue weighted by Crippen LogP contribution is -2.19. The Labute approximate surface area is 200 Å². The zero-order valence-electron chi connectivity index (χ0n) is 17.6. The Morgan fingerprint density at radius 3 is 2.45 bits per heavy atom.